The molecule has 0 aliphatic carbocycles. The molecule has 148 valence electrons. The molecule has 4 N–H and O–H groups in total. The van der Waals surface area contributed by atoms with Crippen LogP contribution in [0.25, 0.3) is 0 Å². The fourth-order valence-corrected chi connectivity index (χ4v) is 2.58. The van der Waals surface area contributed by atoms with Crippen molar-refractivity contribution in [2.45, 2.75) is 20.4 Å². The van der Waals surface area contributed by atoms with Crippen LogP contribution in [-0.4, -0.2) is 52.4 Å². The van der Waals surface area contributed by atoms with E-state index in [0.29, 0.717) is 18.6 Å². The van der Waals surface area contributed by atoms with Gasteiger partial charge in [0, 0.05) is 6.54 Å². The SMILES string of the molecule is CC(C)CN(N)C(=O)CN(Cc1ccccc1)/N=C/c1ccc(B(O)O)cc1. The molecule has 8 heteroatoms. The number of nitrogens with zero attached hydrogens (tertiary/aromatic N) is 3. The van der Waals surface area contributed by atoms with E-state index in [1.807, 2.05) is 44.2 Å². The number of hydrogen-bond acceptors (Lipinski definition) is 6. The first-order valence-corrected chi connectivity index (χ1v) is 9.19. The van der Waals surface area contributed by atoms with E-state index in [9.17, 15) is 4.79 Å². The normalized spacial score (nSPS) is 11.1. The number of hydrogen-bond donors (Lipinski definition) is 3. The Labute approximate surface area is 166 Å². The van der Waals surface area contributed by atoms with E-state index in [1.165, 1.54) is 5.01 Å². The molecule has 2 aromatic carbocycles. The first-order chi connectivity index (χ1) is 13.3. The van der Waals surface area contributed by atoms with Gasteiger partial charge in [-0.25, -0.2) is 5.84 Å². The van der Waals surface area contributed by atoms with Gasteiger partial charge in [-0.1, -0.05) is 68.4 Å². The molecular formula is C20H27BN4O3. The van der Waals surface area contributed by atoms with Crippen molar-refractivity contribution in [2.75, 3.05) is 13.1 Å². The average molecular weight is 382 g/mol. The number of hydrazone groups is 1. The molecule has 0 aliphatic rings. The molecule has 0 aliphatic heterocycles. The lowest BCUT2D eigenvalue weighted by atomic mass is 9.80. The van der Waals surface area contributed by atoms with Crippen molar-refractivity contribution in [2.24, 2.45) is 16.9 Å². The predicted molar refractivity (Wildman–Crippen MR) is 111 cm³/mol. The Bertz CT molecular complexity index is 767. The summed E-state index contributed by atoms with van der Waals surface area (Å²) in [6.07, 6.45) is 1.63. The highest BCUT2D eigenvalue weighted by atomic mass is 16.4. The van der Waals surface area contributed by atoms with Crippen LogP contribution in [0.3, 0.4) is 0 Å². The molecule has 0 spiro atoms. The van der Waals surface area contributed by atoms with E-state index < -0.39 is 7.12 Å². The molecule has 2 aromatic rings. The van der Waals surface area contributed by atoms with Gasteiger partial charge >= 0.3 is 7.12 Å². The smallest absolute Gasteiger partial charge is 0.423 e. The Hall–Kier alpha value is -2.68. The van der Waals surface area contributed by atoms with Crippen molar-refractivity contribution in [3.8, 4) is 0 Å². The van der Waals surface area contributed by atoms with Gasteiger partial charge in [0.15, 0.2) is 0 Å². The summed E-state index contributed by atoms with van der Waals surface area (Å²) in [7, 11) is -1.50. The lowest BCUT2D eigenvalue weighted by Crippen LogP contribution is -2.44. The van der Waals surface area contributed by atoms with Gasteiger partial charge in [-0.3, -0.25) is 14.8 Å². The van der Waals surface area contributed by atoms with Crippen LogP contribution in [-0.2, 0) is 11.3 Å². The van der Waals surface area contributed by atoms with E-state index in [2.05, 4.69) is 5.10 Å². The second-order valence-electron chi connectivity index (χ2n) is 7.03. The summed E-state index contributed by atoms with van der Waals surface area (Å²) in [5.74, 6) is 5.94. The molecule has 0 aromatic heterocycles. The van der Waals surface area contributed by atoms with E-state index in [1.54, 1.807) is 35.5 Å². The van der Waals surface area contributed by atoms with Crippen molar-refractivity contribution in [1.82, 2.24) is 10.0 Å². The molecule has 0 bridgehead atoms. The highest BCUT2D eigenvalue weighted by Crippen LogP contribution is 2.06. The van der Waals surface area contributed by atoms with Crippen LogP contribution in [0.2, 0.25) is 0 Å². The first kappa shape index (κ1) is 21.6. The molecule has 0 saturated heterocycles. The van der Waals surface area contributed by atoms with Crippen LogP contribution in [0.5, 0.6) is 0 Å². The number of amides is 1. The van der Waals surface area contributed by atoms with E-state index in [0.717, 1.165) is 11.1 Å². The van der Waals surface area contributed by atoms with Gasteiger partial charge in [-0.05, 0) is 22.5 Å². The number of carbonyl (C=O) groups excluding carboxylic acids is 1. The quantitative estimate of drug-likeness (QED) is 0.193. The predicted octanol–water partition coefficient (Wildman–Crippen LogP) is 0.561. The largest absolute Gasteiger partial charge is 0.488 e. The molecule has 2 rings (SSSR count). The standard InChI is InChI=1S/C20H27BN4O3/c1-16(2)13-25(22)20(26)15-24(14-18-6-4-3-5-7-18)23-12-17-8-10-19(11-9-17)21(27)28/h3-12,16,27-28H,13-15,22H2,1-2H3/b23-12+. The zero-order valence-corrected chi connectivity index (χ0v) is 16.3. The average Bonchev–Trinajstić information content (AvgIpc) is 2.66. The minimum Gasteiger partial charge on any atom is -0.423 e. The molecule has 0 saturated carbocycles. The monoisotopic (exact) mass is 382 g/mol. The molecule has 7 nitrogen and oxygen atoms in total. The summed E-state index contributed by atoms with van der Waals surface area (Å²) in [4.78, 5) is 12.4. The summed E-state index contributed by atoms with van der Waals surface area (Å²) in [5, 5.41) is 25.7. The van der Waals surface area contributed by atoms with Gasteiger partial charge in [0.1, 0.15) is 6.54 Å². The van der Waals surface area contributed by atoms with E-state index >= 15 is 0 Å². The fourth-order valence-electron chi connectivity index (χ4n) is 2.58. The lowest BCUT2D eigenvalue weighted by molar-refractivity contribution is -0.133. The van der Waals surface area contributed by atoms with Crippen molar-refractivity contribution >= 4 is 24.7 Å². The molecular weight excluding hydrogens is 355 g/mol. The molecule has 1 amide bonds. The third-order valence-electron chi connectivity index (χ3n) is 4.01. The van der Waals surface area contributed by atoms with Crippen molar-refractivity contribution in [3.63, 3.8) is 0 Å². The zero-order valence-electron chi connectivity index (χ0n) is 16.3. The number of hydrazine groups is 1. The number of rotatable bonds is 9. The highest BCUT2D eigenvalue weighted by molar-refractivity contribution is 6.58. The summed E-state index contributed by atoms with van der Waals surface area (Å²) in [6.45, 7) is 5.00. The zero-order chi connectivity index (χ0) is 20.5. The van der Waals surface area contributed by atoms with Crippen LogP contribution in [0.15, 0.2) is 59.7 Å². The highest BCUT2D eigenvalue weighted by Gasteiger charge is 2.15. The minimum atomic E-state index is -1.50. The van der Waals surface area contributed by atoms with Gasteiger partial charge < -0.3 is 10.0 Å². The Morgan fingerprint density at radius 2 is 1.79 bits per heavy atom. The molecule has 0 radical (unpaired) electrons. The van der Waals surface area contributed by atoms with E-state index in [-0.39, 0.29) is 18.4 Å². The van der Waals surface area contributed by atoms with Crippen LogP contribution in [0, 0.1) is 5.92 Å². The Morgan fingerprint density at radius 1 is 1.14 bits per heavy atom. The van der Waals surface area contributed by atoms with Crippen molar-refractivity contribution in [3.05, 3.63) is 65.7 Å². The van der Waals surface area contributed by atoms with E-state index in [4.69, 9.17) is 15.9 Å². The van der Waals surface area contributed by atoms with Gasteiger partial charge in [0.25, 0.3) is 5.91 Å². The van der Waals surface area contributed by atoms with Gasteiger partial charge in [0.05, 0.1) is 12.8 Å². The minimum absolute atomic E-state index is 0.0576. The molecule has 0 heterocycles. The van der Waals surface area contributed by atoms with Crippen molar-refractivity contribution in [1.29, 1.82) is 0 Å². The summed E-state index contributed by atoms with van der Waals surface area (Å²) in [6, 6.07) is 16.4. The third-order valence-corrected chi connectivity index (χ3v) is 4.01. The number of benzene rings is 2. The molecule has 28 heavy (non-hydrogen) atoms. The number of carbonyl (C=O) groups is 1. The summed E-state index contributed by atoms with van der Waals surface area (Å²) >= 11 is 0. The molecule has 0 unspecified atom stereocenters. The van der Waals surface area contributed by atoms with Crippen LogP contribution in [0.4, 0.5) is 0 Å². The lowest BCUT2D eigenvalue weighted by Gasteiger charge is -2.24. The second-order valence-corrected chi connectivity index (χ2v) is 7.03. The van der Waals surface area contributed by atoms with Gasteiger partial charge in [-0.2, -0.15) is 5.10 Å². The maximum absolute atomic E-state index is 12.4. The maximum Gasteiger partial charge on any atom is 0.488 e. The fraction of sp³-hybridized carbons (Fsp3) is 0.300. The van der Waals surface area contributed by atoms with Gasteiger partial charge in [-0.15, -0.1) is 0 Å². The Balaban J connectivity index is 2.11. The Morgan fingerprint density at radius 3 is 2.36 bits per heavy atom. The van der Waals surface area contributed by atoms with Gasteiger partial charge in [0.2, 0.25) is 0 Å². The van der Waals surface area contributed by atoms with Crippen molar-refractivity contribution < 1.29 is 14.8 Å². The van der Waals surface area contributed by atoms with Crippen LogP contribution >= 0.6 is 0 Å². The maximum atomic E-state index is 12.4. The molecule has 0 fully saturated rings. The first-order valence-electron chi connectivity index (χ1n) is 9.19. The molecule has 0 atom stereocenters. The second kappa shape index (κ2) is 10.6. The summed E-state index contributed by atoms with van der Waals surface area (Å²) < 4.78 is 0. The number of nitrogens with two attached hydrogens (primary N) is 1. The third kappa shape index (κ3) is 7.15. The van der Waals surface area contributed by atoms with Crippen LogP contribution in [0.1, 0.15) is 25.0 Å². The summed E-state index contributed by atoms with van der Waals surface area (Å²) in [5.41, 5.74) is 2.21. The Kier molecular flexibility index (Phi) is 8.19. The van der Waals surface area contributed by atoms with Crippen LogP contribution < -0.4 is 11.3 Å². The topological polar surface area (TPSA) is 102 Å².